The lowest BCUT2D eigenvalue weighted by Crippen LogP contribution is -2.50. The van der Waals surface area contributed by atoms with Crippen molar-refractivity contribution in [3.05, 3.63) is 71.8 Å². The molecule has 1 fully saturated rings. The number of aliphatic hydroxyl groups is 1. The van der Waals surface area contributed by atoms with E-state index >= 15 is 0 Å². The number of halogens is 1. The fourth-order valence-electron chi connectivity index (χ4n) is 3.31. The first kappa shape index (κ1) is 21.1. The number of carbonyl (C=O) groups excluding carboxylic acids is 1. The number of rotatable bonds is 6. The molecule has 1 heterocycles. The standard InChI is InChI=1S/C22H26INO4/c1-16(20-13-12-19(23)21(25)28-20)24(14-17-8-4-2-5-9-17)22(26)27-15-18-10-6-3-7-11-18/h2-11,16,19-21,25H,12-15H2,1H3/t16?,19?,20-,21?/m0/s1. The van der Waals surface area contributed by atoms with Crippen molar-refractivity contribution in [2.45, 2.75) is 55.3 Å². The van der Waals surface area contributed by atoms with Gasteiger partial charge in [-0.15, -0.1) is 0 Å². The number of amides is 1. The minimum Gasteiger partial charge on any atom is -0.445 e. The summed E-state index contributed by atoms with van der Waals surface area (Å²) in [6, 6.07) is 19.2. The molecule has 0 radical (unpaired) electrons. The summed E-state index contributed by atoms with van der Waals surface area (Å²) >= 11 is 2.21. The van der Waals surface area contributed by atoms with Crippen molar-refractivity contribution in [1.29, 1.82) is 0 Å². The normalized spacial score (nSPS) is 23.0. The zero-order chi connectivity index (χ0) is 19.9. The Morgan fingerprint density at radius 3 is 2.36 bits per heavy atom. The Hall–Kier alpha value is -1.64. The molecule has 5 nitrogen and oxygen atoms in total. The summed E-state index contributed by atoms with van der Waals surface area (Å²) in [5.74, 6) is 0. The Kier molecular flexibility index (Phi) is 7.70. The van der Waals surface area contributed by atoms with Gasteiger partial charge < -0.3 is 14.6 Å². The van der Waals surface area contributed by atoms with Gasteiger partial charge in [0.05, 0.1) is 16.1 Å². The van der Waals surface area contributed by atoms with Crippen LogP contribution in [-0.2, 0) is 22.6 Å². The number of aliphatic hydroxyl groups excluding tert-OH is 1. The van der Waals surface area contributed by atoms with Crippen molar-refractivity contribution in [2.75, 3.05) is 0 Å². The first-order chi connectivity index (χ1) is 13.5. The summed E-state index contributed by atoms with van der Waals surface area (Å²) in [6.45, 7) is 2.61. The molecule has 28 heavy (non-hydrogen) atoms. The number of alkyl halides is 1. The van der Waals surface area contributed by atoms with Crippen LogP contribution in [-0.4, -0.2) is 38.5 Å². The Balaban J connectivity index is 1.71. The van der Waals surface area contributed by atoms with Gasteiger partial charge in [0, 0.05) is 6.54 Å². The predicted octanol–water partition coefficient (Wildman–Crippen LogP) is 4.51. The van der Waals surface area contributed by atoms with Crippen LogP contribution in [0.2, 0.25) is 0 Å². The van der Waals surface area contributed by atoms with E-state index in [1.807, 2.05) is 67.6 Å². The van der Waals surface area contributed by atoms with E-state index in [0.717, 1.165) is 24.0 Å². The zero-order valence-corrected chi connectivity index (χ0v) is 18.1. The highest BCUT2D eigenvalue weighted by Gasteiger charge is 2.35. The Morgan fingerprint density at radius 1 is 1.14 bits per heavy atom. The van der Waals surface area contributed by atoms with E-state index in [-0.39, 0.29) is 28.8 Å². The van der Waals surface area contributed by atoms with Crippen LogP contribution >= 0.6 is 22.6 Å². The molecule has 0 saturated carbocycles. The largest absolute Gasteiger partial charge is 0.445 e. The number of carbonyl (C=O) groups is 1. The summed E-state index contributed by atoms with van der Waals surface area (Å²) in [4.78, 5) is 14.6. The van der Waals surface area contributed by atoms with Gasteiger partial charge in [-0.25, -0.2) is 4.79 Å². The number of nitrogens with zero attached hydrogens (tertiary/aromatic N) is 1. The third-order valence-corrected chi connectivity index (χ3v) is 6.25. The molecule has 1 aliphatic rings. The average molecular weight is 495 g/mol. The van der Waals surface area contributed by atoms with Crippen LogP contribution < -0.4 is 0 Å². The van der Waals surface area contributed by atoms with Crippen LogP contribution in [0.5, 0.6) is 0 Å². The minimum absolute atomic E-state index is 0.0775. The van der Waals surface area contributed by atoms with E-state index in [1.54, 1.807) is 4.90 Å². The van der Waals surface area contributed by atoms with Gasteiger partial charge in [-0.05, 0) is 30.9 Å². The average Bonchev–Trinajstić information content (AvgIpc) is 2.73. The maximum Gasteiger partial charge on any atom is 0.410 e. The van der Waals surface area contributed by atoms with Crippen LogP contribution in [0, 0.1) is 0 Å². The molecule has 2 aromatic carbocycles. The summed E-state index contributed by atoms with van der Waals surface area (Å²) in [6.07, 6.45) is 0.238. The Labute approximate surface area is 179 Å². The quantitative estimate of drug-likeness (QED) is 0.473. The third-order valence-electron chi connectivity index (χ3n) is 5.02. The van der Waals surface area contributed by atoms with Crippen LogP contribution in [0.1, 0.15) is 30.9 Å². The van der Waals surface area contributed by atoms with Crippen molar-refractivity contribution in [3.8, 4) is 0 Å². The molecule has 1 amide bonds. The van der Waals surface area contributed by atoms with Crippen molar-refractivity contribution >= 4 is 28.7 Å². The highest BCUT2D eigenvalue weighted by molar-refractivity contribution is 14.1. The van der Waals surface area contributed by atoms with E-state index in [4.69, 9.17) is 9.47 Å². The van der Waals surface area contributed by atoms with Crippen LogP contribution in [0.4, 0.5) is 4.79 Å². The van der Waals surface area contributed by atoms with Gasteiger partial charge in [-0.1, -0.05) is 83.3 Å². The molecule has 3 rings (SSSR count). The topological polar surface area (TPSA) is 59.0 Å². The van der Waals surface area contributed by atoms with Crippen molar-refractivity contribution in [2.24, 2.45) is 0 Å². The lowest BCUT2D eigenvalue weighted by atomic mass is 10.0. The van der Waals surface area contributed by atoms with E-state index in [2.05, 4.69) is 22.6 Å². The second-order valence-corrected chi connectivity index (χ2v) is 8.65. The summed E-state index contributed by atoms with van der Waals surface area (Å²) in [7, 11) is 0. The molecule has 0 bridgehead atoms. The molecule has 1 saturated heterocycles. The monoisotopic (exact) mass is 495 g/mol. The molecule has 2 aromatic rings. The minimum atomic E-state index is -0.805. The van der Waals surface area contributed by atoms with Gasteiger partial charge in [0.15, 0.2) is 6.29 Å². The molecule has 6 heteroatoms. The molecule has 1 N–H and O–H groups in total. The van der Waals surface area contributed by atoms with E-state index < -0.39 is 6.29 Å². The fourth-order valence-corrected chi connectivity index (χ4v) is 3.84. The summed E-state index contributed by atoms with van der Waals surface area (Å²) < 4.78 is 11.5. The Bertz CT molecular complexity index is 743. The molecule has 0 aliphatic carbocycles. The molecule has 1 aliphatic heterocycles. The highest BCUT2D eigenvalue weighted by atomic mass is 127. The number of hydrogen-bond acceptors (Lipinski definition) is 4. The molecule has 0 spiro atoms. The highest BCUT2D eigenvalue weighted by Crippen LogP contribution is 2.28. The smallest absolute Gasteiger partial charge is 0.410 e. The van der Waals surface area contributed by atoms with Crippen LogP contribution in [0.25, 0.3) is 0 Å². The molecular formula is C22H26INO4. The second kappa shape index (κ2) is 10.2. The fraction of sp³-hybridized carbons (Fsp3) is 0.409. The van der Waals surface area contributed by atoms with Crippen LogP contribution in [0.15, 0.2) is 60.7 Å². The SMILES string of the molecule is CC([C@@H]1CCC(I)C(O)O1)N(Cc1ccccc1)C(=O)OCc1ccccc1. The van der Waals surface area contributed by atoms with E-state index in [0.29, 0.717) is 6.54 Å². The number of hydrogen-bond donors (Lipinski definition) is 1. The van der Waals surface area contributed by atoms with Crippen LogP contribution in [0.3, 0.4) is 0 Å². The third kappa shape index (κ3) is 5.68. The molecule has 3 unspecified atom stereocenters. The number of benzene rings is 2. The Morgan fingerprint density at radius 2 is 1.75 bits per heavy atom. The lowest BCUT2D eigenvalue weighted by molar-refractivity contribution is -0.171. The maximum atomic E-state index is 12.9. The maximum absolute atomic E-state index is 12.9. The van der Waals surface area contributed by atoms with Gasteiger partial charge in [-0.3, -0.25) is 4.90 Å². The van der Waals surface area contributed by atoms with Crippen molar-refractivity contribution < 1.29 is 19.4 Å². The molecular weight excluding hydrogens is 469 g/mol. The number of ether oxygens (including phenoxy) is 2. The van der Waals surface area contributed by atoms with Gasteiger partial charge in [0.25, 0.3) is 0 Å². The second-order valence-electron chi connectivity index (χ2n) is 7.05. The lowest BCUT2D eigenvalue weighted by Gasteiger charge is -2.38. The predicted molar refractivity (Wildman–Crippen MR) is 116 cm³/mol. The van der Waals surface area contributed by atoms with Gasteiger partial charge in [0.2, 0.25) is 0 Å². The van der Waals surface area contributed by atoms with E-state index in [9.17, 15) is 9.90 Å². The van der Waals surface area contributed by atoms with Gasteiger partial charge in [-0.2, -0.15) is 0 Å². The van der Waals surface area contributed by atoms with Crippen molar-refractivity contribution in [3.63, 3.8) is 0 Å². The van der Waals surface area contributed by atoms with Gasteiger partial charge >= 0.3 is 6.09 Å². The van der Waals surface area contributed by atoms with E-state index in [1.165, 1.54) is 0 Å². The summed E-state index contributed by atoms with van der Waals surface area (Å²) in [5, 5.41) is 10.1. The summed E-state index contributed by atoms with van der Waals surface area (Å²) in [5.41, 5.74) is 1.97. The first-order valence-electron chi connectivity index (χ1n) is 9.53. The first-order valence-corrected chi connectivity index (χ1v) is 10.8. The van der Waals surface area contributed by atoms with Crippen molar-refractivity contribution in [1.82, 2.24) is 4.90 Å². The molecule has 150 valence electrons. The molecule has 0 aromatic heterocycles. The zero-order valence-electron chi connectivity index (χ0n) is 15.9. The molecule has 4 atom stereocenters. The van der Waals surface area contributed by atoms with Gasteiger partial charge in [0.1, 0.15) is 6.61 Å².